The van der Waals surface area contributed by atoms with E-state index in [0.717, 1.165) is 6.07 Å². The Hall–Kier alpha value is -3.94. The Morgan fingerprint density at radius 3 is 2.57 bits per heavy atom. The number of halogens is 5. The smallest absolute Gasteiger partial charge is 0.374 e. The Morgan fingerprint density at radius 2 is 1.93 bits per heavy atom. The zero-order chi connectivity index (χ0) is 30.7. The average molecular weight is 596 g/mol. The quantitative estimate of drug-likeness (QED) is 0.425. The lowest BCUT2D eigenvalue weighted by Crippen LogP contribution is -2.60. The van der Waals surface area contributed by atoms with E-state index in [-0.39, 0.29) is 50.4 Å². The molecule has 0 bridgehead atoms. The molecule has 42 heavy (non-hydrogen) atoms. The van der Waals surface area contributed by atoms with Crippen molar-refractivity contribution < 1.29 is 41.1 Å². The lowest BCUT2D eigenvalue weighted by Gasteiger charge is -2.40. The summed E-state index contributed by atoms with van der Waals surface area (Å²) in [4.78, 5) is 45.3. The zero-order valence-corrected chi connectivity index (χ0v) is 23.0. The molecule has 226 valence electrons. The molecule has 0 radical (unpaired) electrons. The van der Waals surface area contributed by atoms with Gasteiger partial charge in [-0.1, -0.05) is 26.0 Å². The van der Waals surface area contributed by atoms with E-state index in [2.05, 4.69) is 15.4 Å². The number of aromatic nitrogens is 1. The van der Waals surface area contributed by atoms with Crippen LogP contribution in [-0.4, -0.2) is 76.8 Å². The molecule has 2 atom stereocenters. The summed E-state index contributed by atoms with van der Waals surface area (Å²) in [5.74, 6) is -4.12. The predicted molar refractivity (Wildman–Crippen MR) is 140 cm³/mol. The number of benzene rings is 1. The summed E-state index contributed by atoms with van der Waals surface area (Å²) in [6, 6.07) is 6.64. The van der Waals surface area contributed by atoms with Gasteiger partial charge in [-0.3, -0.25) is 19.4 Å². The van der Waals surface area contributed by atoms with Crippen molar-refractivity contribution in [2.24, 2.45) is 16.4 Å². The number of fused-ring (bicyclic) bond motifs is 1. The molecule has 1 aromatic heterocycles. The standard InChI is InChI=1S/C28H30F5N5O4/c1-17(2)24(39)35-22(14-42-13-18-6-7-19(29)11-21(18)30)25(40)37-10-8-23-27(15-37,12-20-5-3-4-9-34-20)26(41)38(36-23)16-28(31,32)33/h3-7,9,11,17,22H,8,10,12-16H2,1-2H3,(H,35,39). The van der Waals surface area contributed by atoms with Crippen LogP contribution in [0.1, 0.15) is 31.5 Å². The largest absolute Gasteiger partial charge is 0.408 e. The molecular weight excluding hydrogens is 565 g/mol. The third kappa shape index (κ3) is 7.09. The van der Waals surface area contributed by atoms with Crippen LogP contribution in [0.2, 0.25) is 0 Å². The van der Waals surface area contributed by atoms with Crippen molar-refractivity contribution in [2.75, 3.05) is 26.2 Å². The van der Waals surface area contributed by atoms with Crippen LogP contribution in [0.25, 0.3) is 0 Å². The van der Waals surface area contributed by atoms with Crippen molar-refractivity contribution in [1.82, 2.24) is 20.2 Å². The number of hydrazone groups is 1. The van der Waals surface area contributed by atoms with Gasteiger partial charge in [0.2, 0.25) is 11.8 Å². The van der Waals surface area contributed by atoms with Gasteiger partial charge in [0.15, 0.2) is 0 Å². The van der Waals surface area contributed by atoms with Crippen molar-refractivity contribution >= 4 is 23.4 Å². The van der Waals surface area contributed by atoms with Gasteiger partial charge in [0.05, 0.1) is 18.9 Å². The molecule has 0 aliphatic carbocycles. The number of piperidine rings is 1. The van der Waals surface area contributed by atoms with E-state index < -0.39 is 59.5 Å². The van der Waals surface area contributed by atoms with Gasteiger partial charge in [-0.25, -0.2) is 13.8 Å². The van der Waals surface area contributed by atoms with E-state index in [1.165, 1.54) is 17.2 Å². The maximum atomic E-state index is 14.1. The highest BCUT2D eigenvalue weighted by Crippen LogP contribution is 2.39. The molecule has 2 unspecified atom stereocenters. The number of nitrogens with zero attached hydrogens (tertiary/aromatic N) is 4. The topological polar surface area (TPSA) is 104 Å². The Labute approximate surface area is 238 Å². The molecule has 0 spiro atoms. The number of hydrogen-bond acceptors (Lipinski definition) is 6. The first-order valence-corrected chi connectivity index (χ1v) is 13.3. The second-order valence-electron chi connectivity index (χ2n) is 10.6. The fourth-order valence-corrected chi connectivity index (χ4v) is 4.92. The van der Waals surface area contributed by atoms with E-state index in [4.69, 9.17) is 4.74 Å². The molecule has 1 N–H and O–H groups in total. The molecule has 1 aromatic carbocycles. The van der Waals surface area contributed by atoms with E-state index in [9.17, 15) is 36.3 Å². The Balaban J connectivity index is 1.57. The number of nitrogens with one attached hydrogen (secondary N) is 1. The van der Waals surface area contributed by atoms with Crippen molar-refractivity contribution in [3.05, 3.63) is 65.5 Å². The highest BCUT2D eigenvalue weighted by Gasteiger charge is 2.56. The van der Waals surface area contributed by atoms with Gasteiger partial charge in [-0.05, 0) is 18.2 Å². The van der Waals surface area contributed by atoms with Gasteiger partial charge in [-0.2, -0.15) is 18.3 Å². The van der Waals surface area contributed by atoms with Crippen LogP contribution in [0.3, 0.4) is 0 Å². The minimum atomic E-state index is -4.69. The van der Waals surface area contributed by atoms with Crippen molar-refractivity contribution in [3.8, 4) is 0 Å². The molecule has 1 saturated heterocycles. The van der Waals surface area contributed by atoms with Crippen LogP contribution in [0, 0.1) is 23.0 Å². The van der Waals surface area contributed by atoms with Crippen LogP contribution < -0.4 is 5.32 Å². The van der Waals surface area contributed by atoms with Crippen LogP contribution in [-0.2, 0) is 32.1 Å². The molecule has 3 amide bonds. The SMILES string of the molecule is CC(C)C(=O)NC(COCc1ccc(F)cc1F)C(=O)N1CCC2=NN(CC(F)(F)F)C(=O)C2(Cc2ccccn2)C1. The van der Waals surface area contributed by atoms with Gasteiger partial charge in [0, 0.05) is 55.4 Å². The summed E-state index contributed by atoms with van der Waals surface area (Å²) in [7, 11) is 0. The first kappa shape index (κ1) is 31.0. The first-order chi connectivity index (χ1) is 19.8. The molecule has 0 saturated carbocycles. The molecule has 2 aliphatic rings. The lowest BCUT2D eigenvalue weighted by atomic mass is 9.74. The third-order valence-corrected chi connectivity index (χ3v) is 7.06. The summed E-state index contributed by atoms with van der Waals surface area (Å²) in [6.07, 6.45) is -3.28. The number of carbonyl (C=O) groups is 3. The van der Waals surface area contributed by atoms with E-state index >= 15 is 0 Å². The Kier molecular flexibility index (Phi) is 9.24. The number of ether oxygens (including phenoxy) is 1. The monoisotopic (exact) mass is 595 g/mol. The summed E-state index contributed by atoms with van der Waals surface area (Å²) in [5.41, 5.74) is -0.904. The predicted octanol–water partition coefficient (Wildman–Crippen LogP) is 3.24. The maximum absolute atomic E-state index is 14.1. The summed E-state index contributed by atoms with van der Waals surface area (Å²) < 4.78 is 72.6. The highest BCUT2D eigenvalue weighted by molar-refractivity contribution is 6.13. The molecule has 14 heteroatoms. The number of carbonyl (C=O) groups excluding carboxylic acids is 3. The van der Waals surface area contributed by atoms with Crippen LogP contribution in [0.5, 0.6) is 0 Å². The van der Waals surface area contributed by atoms with Crippen LogP contribution in [0.15, 0.2) is 47.7 Å². The molecule has 2 aliphatic heterocycles. The average Bonchev–Trinajstić information content (AvgIpc) is 3.18. The van der Waals surface area contributed by atoms with Gasteiger partial charge in [-0.15, -0.1) is 0 Å². The van der Waals surface area contributed by atoms with Crippen molar-refractivity contribution in [3.63, 3.8) is 0 Å². The Morgan fingerprint density at radius 1 is 1.17 bits per heavy atom. The van der Waals surface area contributed by atoms with E-state index in [1.807, 2.05) is 0 Å². The minimum Gasteiger partial charge on any atom is -0.374 e. The second kappa shape index (κ2) is 12.5. The number of pyridine rings is 1. The number of amides is 3. The van der Waals surface area contributed by atoms with Gasteiger partial charge >= 0.3 is 6.18 Å². The molecule has 2 aromatic rings. The molecule has 4 rings (SSSR count). The molecule has 1 fully saturated rings. The minimum absolute atomic E-state index is 0.0190. The third-order valence-electron chi connectivity index (χ3n) is 7.06. The summed E-state index contributed by atoms with van der Waals surface area (Å²) in [6.45, 7) is 0.678. The maximum Gasteiger partial charge on any atom is 0.408 e. The van der Waals surface area contributed by atoms with Crippen LogP contribution in [0.4, 0.5) is 22.0 Å². The van der Waals surface area contributed by atoms with E-state index in [0.29, 0.717) is 16.8 Å². The lowest BCUT2D eigenvalue weighted by molar-refractivity contribution is -0.164. The zero-order valence-electron chi connectivity index (χ0n) is 23.0. The van der Waals surface area contributed by atoms with Crippen molar-refractivity contribution in [1.29, 1.82) is 0 Å². The fraction of sp³-hybridized carbons (Fsp3) is 0.464. The first-order valence-electron chi connectivity index (χ1n) is 13.3. The summed E-state index contributed by atoms with van der Waals surface area (Å²) >= 11 is 0. The van der Waals surface area contributed by atoms with Gasteiger partial charge in [0.25, 0.3) is 5.91 Å². The number of likely N-dealkylation sites (tertiary alicyclic amines) is 1. The van der Waals surface area contributed by atoms with Crippen LogP contribution >= 0.6 is 0 Å². The van der Waals surface area contributed by atoms with Crippen molar-refractivity contribution in [2.45, 2.75) is 45.5 Å². The number of hydrogen-bond donors (Lipinski definition) is 1. The Bertz CT molecular complexity index is 1350. The number of rotatable bonds is 10. The fourth-order valence-electron chi connectivity index (χ4n) is 4.92. The van der Waals surface area contributed by atoms with E-state index in [1.54, 1.807) is 32.0 Å². The van der Waals surface area contributed by atoms with Gasteiger partial charge in [0.1, 0.15) is 29.6 Å². The summed E-state index contributed by atoms with van der Waals surface area (Å²) in [5, 5.41) is 7.01. The molecular formula is C28H30F5N5O4. The molecule has 3 heterocycles. The number of alkyl halides is 3. The highest BCUT2D eigenvalue weighted by atomic mass is 19.4. The molecule has 9 nitrogen and oxygen atoms in total. The van der Waals surface area contributed by atoms with Gasteiger partial charge < -0.3 is 15.0 Å². The second-order valence-corrected chi connectivity index (χ2v) is 10.6. The normalized spacial score (nSPS) is 19.5.